The number of nitrogens with zero attached hydrogens (tertiary/aromatic N) is 1. The maximum Gasteiger partial charge on any atom is 0.331 e. The molecule has 3 aromatic rings. The Hall–Kier alpha value is -3.15. The molecule has 0 aliphatic heterocycles. The van der Waals surface area contributed by atoms with Gasteiger partial charge in [-0.1, -0.05) is 5.16 Å². The molecule has 6 heteroatoms. The monoisotopic (exact) mass is 327 g/mol. The molecule has 122 valence electrons. The van der Waals surface area contributed by atoms with Gasteiger partial charge >= 0.3 is 5.97 Å². The Morgan fingerprint density at radius 1 is 1.29 bits per heavy atom. The van der Waals surface area contributed by atoms with Crippen LogP contribution in [0.4, 0.5) is 4.39 Å². The van der Waals surface area contributed by atoms with E-state index in [1.807, 2.05) is 0 Å². The Balaban J connectivity index is 1.64. The zero-order chi connectivity index (χ0) is 16.9. The van der Waals surface area contributed by atoms with Gasteiger partial charge < -0.3 is 13.7 Å². The molecule has 5 nitrogen and oxygen atoms in total. The predicted molar refractivity (Wildman–Crippen MR) is 84.2 cm³/mol. The van der Waals surface area contributed by atoms with Crippen molar-refractivity contribution in [2.24, 2.45) is 0 Å². The van der Waals surface area contributed by atoms with E-state index in [0.29, 0.717) is 22.8 Å². The zero-order valence-corrected chi connectivity index (χ0v) is 12.9. The highest BCUT2D eigenvalue weighted by Gasteiger charge is 2.15. The van der Waals surface area contributed by atoms with Crippen molar-refractivity contribution in [3.63, 3.8) is 0 Å². The van der Waals surface area contributed by atoms with E-state index >= 15 is 0 Å². The van der Waals surface area contributed by atoms with E-state index in [2.05, 4.69) is 5.16 Å². The van der Waals surface area contributed by atoms with Crippen molar-refractivity contribution in [1.82, 2.24) is 5.16 Å². The molecule has 0 bridgehead atoms. The summed E-state index contributed by atoms with van der Waals surface area (Å²) < 4.78 is 28.5. The van der Waals surface area contributed by atoms with Gasteiger partial charge in [0.2, 0.25) is 0 Å². The molecular formula is C18H14FNO4. The summed E-state index contributed by atoms with van der Waals surface area (Å²) >= 11 is 0. The van der Waals surface area contributed by atoms with Crippen molar-refractivity contribution >= 4 is 12.0 Å². The lowest BCUT2D eigenvalue weighted by Gasteiger charge is -2.00. The lowest BCUT2D eigenvalue weighted by atomic mass is 10.1. The van der Waals surface area contributed by atoms with Crippen LogP contribution in [0.25, 0.3) is 17.4 Å². The molecule has 1 aromatic carbocycles. The van der Waals surface area contributed by atoms with Crippen LogP contribution in [0.1, 0.15) is 17.0 Å². The normalized spacial score (nSPS) is 11.1. The summed E-state index contributed by atoms with van der Waals surface area (Å²) in [6.45, 7) is 1.79. The van der Waals surface area contributed by atoms with E-state index in [0.717, 1.165) is 5.56 Å². The first-order valence-corrected chi connectivity index (χ1v) is 7.23. The number of ether oxygens (including phenoxy) is 1. The third-order valence-electron chi connectivity index (χ3n) is 3.41. The quantitative estimate of drug-likeness (QED) is 0.520. The summed E-state index contributed by atoms with van der Waals surface area (Å²) in [6.07, 6.45) is 4.30. The Morgan fingerprint density at radius 3 is 2.79 bits per heavy atom. The van der Waals surface area contributed by atoms with Gasteiger partial charge in [0.25, 0.3) is 0 Å². The lowest BCUT2D eigenvalue weighted by Crippen LogP contribution is -2.02. The predicted octanol–water partition coefficient (Wildman–Crippen LogP) is 4.14. The van der Waals surface area contributed by atoms with Crippen LogP contribution in [0.2, 0.25) is 0 Å². The molecule has 0 saturated carbocycles. The van der Waals surface area contributed by atoms with Crippen LogP contribution >= 0.6 is 0 Å². The Bertz CT molecular complexity index is 848. The molecule has 3 rings (SSSR count). The van der Waals surface area contributed by atoms with Crippen molar-refractivity contribution in [2.75, 3.05) is 0 Å². The minimum absolute atomic E-state index is 0.0160. The number of benzene rings is 1. The summed E-state index contributed by atoms with van der Waals surface area (Å²) in [4.78, 5) is 11.7. The van der Waals surface area contributed by atoms with Crippen LogP contribution in [0.3, 0.4) is 0 Å². The molecule has 24 heavy (non-hydrogen) atoms. The number of hydrogen-bond acceptors (Lipinski definition) is 5. The molecule has 2 heterocycles. The highest BCUT2D eigenvalue weighted by molar-refractivity contribution is 5.86. The van der Waals surface area contributed by atoms with E-state index in [1.54, 1.807) is 31.2 Å². The number of carbonyl (C=O) groups is 1. The maximum atomic E-state index is 13.0. The first-order valence-electron chi connectivity index (χ1n) is 7.23. The molecule has 0 amide bonds. The maximum absolute atomic E-state index is 13.0. The second-order valence-corrected chi connectivity index (χ2v) is 5.05. The van der Waals surface area contributed by atoms with Crippen molar-refractivity contribution in [1.29, 1.82) is 0 Å². The zero-order valence-electron chi connectivity index (χ0n) is 12.9. The molecule has 0 N–H and O–H groups in total. The minimum Gasteiger partial charge on any atom is -0.465 e. The number of rotatable bonds is 5. The van der Waals surface area contributed by atoms with Crippen LogP contribution in [-0.4, -0.2) is 11.1 Å². The topological polar surface area (TPSA) is 65.5 Å². The van der Waals surface area contributed by atoms with Crippen LogP contribution < -0.4 is 0 Å². The summed E-state index contributed by atoms with van der Waals surface area (Å²) in [5, 5.41) is 3.91. The first kappa shape index (κ1) is 15.7. The molecule has 2 aromatic heterocycles. The Kier molecular flexibility index (Phi) is 4.56. The molecule has 0 spiro atoms. The Morgan fingerprint density at radius 2 is 2.08 bits per heavy atom. The largest absolute Gasteiger partial charge is 0.465 e. The highest BCUT2D eigenvalue weighted by Crippen LogP contribution is 2.26. The number of aromatic nitrogens is 1. The summed E-state index contributed by atoms with van der Waals surface area (Å²) in [5.41, 5.74) is 1.95. The van der Waals surface area contributed by atoms with Gasteiger partial charge in [0.15, 0.2) is 5.76 Å². The van der Waals surface area contributed by atoms with Crippen LogP contribution in [0.5, 0.6) is 0 Å². The minimum atomic E-state index is -0.517. The van der Waals surface area contributed by atoms with E-state index in [-0.39, 0.29) is 12.4 Å². The van der Waals surface area contributed by atoms with Gasteiger partial charge in [0.1, 0.15) is 23.9 Å². The van der Waals surface area contributed by atoms with Crippen molar-refractivity contribution in [2.45, 2.75) is 13.5 Å². The summed E-state index contributed by atoms with van der Waals surface area (Å²) in [5.74, 6) is 0.237. The van der Waals surface area contributed by atoms with Gasteiger partial charge in [-0.05, 0) is 49.4 Å². The fourth-order valence-electron chi connectivity index (χ4n) is 2.10. The van der Waals surface area contributed by atoms with E-state index < -0.39 is 5.97 Å². The molecular weight excluding hydrogens is 313 g/mol. The van der Waals surface area contributed by atoms with Gasteiger partial charge in [-0.2, -0.15) is 0 Å². The van der Waals surface area contributed by atoms with Crippen molar-refractivity contribution < 1.29 is 22.9 Å². The van der Waals surface area contributed by atoms with Crippen molar-refractivity contribution in [3.05, 3.63) is 71.6 Å². The average molecular weight is 327 g/mol. The second kappa shape index (κ2) is 6.95. The van der Waals surface area contributed by atoms with Crippen LogP contribution in [0, 0.1) is 12.7 Å². The van der Waals surface area contributed by atoms with E-state index in [9.17, 15) is 9.18 Å². The van der Waals surface area contributed by atoms with Gasteiger partial charge in [-0.3, -0.25) is 0 Å². The third-order valence-corrected chi connectivity index (χ3v) is 3.41. The third kappa shape index (κ3) is 3.60. The standard InChI is InChI=1S/C18H14FNO4/c1-12-16(11-23-17(21)9-8-15-3-2-10-22-15)20-24-18(12)13-4-6-14(19)7-5-13/h2-10H,11H2,1H3/b9-8+. The fourth-order valence-corrected chi connectivity index (χ4v) is 2.10. The average Bonchev–Trinajstić information content (AvgIpc) is 3.22. The Labute approximate surface area is 137 Å². The van der Waals surface area contributed by atoms with E-state index in [4.69, 9.17) is 13.7 Å². The first-order chi connectivity index (χ1) is 11.6. The second-order valence-electron chi connectivity index (χ2n) is 5.05. The molecule has 0 saturated heterocycles. The smallest absolute Gasteiger partial charge is 0.331 e. The summed E-state index contributed by atoms with van der Waals surface area (Å²) in [6, 6.07) is 9.34. The van der Waals surface area contributed by atoms with Gasteiger partial charge in [-0.15, -0.1) is 0 Å². The molecule has 0 aliphatic rings. The van der Waals surface area contributed by atoms with Crippen molar-refractivity contribution in [3.8, 4) is 11.3 Å². The highest BCUT2D eigenvalue weighted by atomic mass is 19.1. The van der Waals surface area contributed by atoms with E-state index in [1.165, 1.54) is 30.5 Å². The van der Waals surface area contributed by atoms with Gasteiger partial charge in [0.05, 0.1) is 6.26 Å². The molecule has 0 radical (unpaired) electrons. The number of halogens is 1. The van der Waals surface area contributed by atoms with Crippen LogP contribution in [-0.2, 0) is 16.1 Å². The number of hydrogen-bond donors (Lipinski definition) is 0. The molecule has 0 atom stereocenters. The number of esters is 1. The molecule has 0 fully saturated rings. The van der Waals surface area contributed by atoms with Gasteiger partial charge in [0, 0.05) is 17.2 Å². The SMILES string of the molecule is Cc1c(COC(=O)/C=C/c2ccco2)noc1-c1ccc(F)cc1. The summed E-state index contributed by atoms with van der Waals surface area (Å²) in [7, 11) is 0. The molecule has 0 aliphatic carbocycles. The van der Waals surface area contributed by atoms with Crippen LogP contribution in [0.15, 0.2) is 57.7 Å². The van der Waals surface area contributed by atoms with Gasteiger partial charge in [-0.25, -0.2) is 9.18 Å². The number of furan rings is 1. The fraction of sp³-hybridized carbons (Fsp3) is 0.111. The lowest BCUT2D eigenvalue weighted by molar-refractivity contribution is -0.139. The molecule has 0 unspecified atom stereocenters. The number of carbonyl (C=O) groups excluding carboxylic acids is 1.